The van der Waals surface area contributed by atoms with Gasteiger partial charge in [-0.05, 0) is 64.2 Å². The zero-order valence-electron chi connectivity index (χ0n) is 27.9. The molecular weight excluding hydrogens is 511 g/mol. The summed E-state index contributed by atoms with van der Waals surface area (Å²) in [4.78, 5) is 0. The van der Waals surface area contributed by atoms with Crippen LogP contribution in [0, 0.1) is 11.8 Å². The maximum atomic E-state index is 6.87. The average molecular weight is 569 g/mol. The molecule has 0 amide bonds. The van der Waals surface area contributed by atoms with Crippen molar-refractivity contribution in [3.8, 4) is 0 Å². The Labute approximate surface area is 246 Å². The number of rotatable bonds is 9. The first-order valence-corrected chi connectivity index (χ1v) is 16.7. The molecular formula is C36H57O3P. The van der Waals surface area contributed by atoms with Crippen LogP contribution in [0.4, 0.5) is 0 Å². The minimum absolute atomic E-state index is 0.000382. The van der Waals surface area contributed by atoms with E-state index in [4.69, 9.17) is 12.9 Å². The van der Waals surface area contributed by atoms with Gasteiger partial charge in [0, 0.05) is 21.9 Å². The summed E-state index contributed by atoms with van der Waals surface area (Å²) in [7, 11) is -1.62. The first-order chi connectivity index (χ1) is 18.5. The van der Waals surface area contributed by atoms with Gasteiger partial charge < -0.3 is 8.39 Å². The van der Waals surface area contributed by atoms with Gasteiger partial charge in [0.15, 0.2) is 0 Å². The monoisotopic (exact) mass is 568 g/mol. The van der Waals surface area contributed by atoms with Gasteiger partial charge in [0.25, 0.3) is 0 Å². The third-order valence-corrected chi connectivity index (χ3v) is 8.97. The molecule has 1 heterocycles. The summed E-state index contributed by atoms with van der Waals surface area (Å²) in [6, 6.07) is 9.44. The van der Waals surface area contributed by atoms with Crippen LogP contribution in [-0.2, 0) is 22.7 Å². The van der Waals surface area contributed by atoms with Gasteiger partial charge >= 0.3 is 8.24 Å². The van der Waals surface area contributed by atoms with Crippen LogP contribution in [-0.4, -0.2) is 6.61 Å². The smallest absolute Gasteiger partial charge is 0.387 e. The van der Waals surface area contributed by atoms with E-state index in [0.29, 0.717) is 18.4 Å². The quantitative estimate of drug-likeness (QED) is 0.257. The van der Waals surface area contributed by atoms with E-state index in [1.807, 2.05) is 0 Å². The molecule has 0 N–H and O–H groups in total. The fraction of sp³-hybridized carbons (Fsp3) is 0.667. The number of fused-ring (bicyclic) bond motifs is 3. The van der Waals surface area contributed by atoms with Crippen molar-refractivity contribution < 1.29 is 12.9 Å². The lowest BCUT2D eigenvalue weighted by atomic mass is 9.78. The summed E-state index contributed by atoms with van der Waals surface area (Å²) in [6.45, 7) is 30.3. The van der Waals surface area contributed by atoms with E-state index in [0.717, 1.165) is 34.8 Å². The summed E-state index contributed by atoms with van der Waals surface area (Å²) in [5.41, 5.74) is 6.76. The highest BCUT2D eigenvalue weighted by atomic mass is 31.1. The summed E-state index contributed by atoms with van der Waals surface area (Å²) in [6.07, 6.45) is 5.74. The zero-order valence-corrected chi connectivity index (χ0v) is 28.8. The molecule has 0 aliphatic heterocycles. The van der Waals surface area contributed by atoms with E-state index in [1.165, 1.54) is 41.5 Å². The van der Waals surface area contributed by atoms with Gasteiger partial charge in [-0.2, -0.15) is 0 Å². The number of hydrogen-bond donors (Lipinski definition) is 0. The topological polar surface area (TPSA) is 35.5 Å². The lowest BCUT2D eigenvalue weighted by Gasteiger charge is -2.26. The van der Waals surface area contributed by atoms with E-state index >= 15 is 0 Å². The second kappa shape index (κ2) is 12.7. The van der Waals surface area contributed by atoms with Crippen LogP contribution in [0.1, 0.15) is 138 Å². The van der Waals surface area contributed by atoms with Gasteiger partial charge in [0.1, 0.15) is 11.2 Å². The maximum Gasteiger partial charge on any atom is 0.387 e. The molecule has 4 heteroatoms. The van der Waals surface area contributed by atoms with Crippen molar-refractivity contribution in [2.24, 2.45) is 11.8 Å². The van der Waals surface area contributed by atoms with E-state index in [2.05, 4.69) is 114 Å². The Morgan fingerprint density at radius 3 is 1.77 bits per heavy atom. The first-order valence-electron chi connectivity index (χ1n) is 15.6. The molecule has 2 aromatic carbocycles. The molecule has 3 nitrogen and oxygen atoms in total. The Bertz CT molecular complexity index is 1330. The summed E-state index contributed by atoms with van der Waals surface area (Å²) < 4.78 is 20.3. The van der Waals surface area contributed by atoms with Crippen molar-refractivity contribution in [1.82, 2.24) is 0 Å². The third kappa shape index (κ3) is 7.98. The molecule has 0 spiro atoms. The second-order valence-corrected chi connectivity index (χ2v) is 16.5. The highest BCUT2D eigenvalue weighted by molar-refractivity contribution is 7.31. The van der Waals surface area contributed by atoms with E-state index in [1.54, 1.807) is 0 Å². The molecule has 2 atom stereocenters. The molecule has 0 aliphatic carbocycles. The highest BCUT2D eigenvalue weighted by Gasteiger charge is 2.27. The third-order valence-electron chi connectivity index (χ3n) is 7.94. The van der Waals surface area contributed by atoms with E-state index in [9.17, 15) is 0 Å². The molecule has 3 aromatic rings. The van der Waals surface area contributed by atoms with Gasteiger partial charge in [-0.25, -0.2) is 0 Å². The minimum atomic E-state index is -1.62. The van der Waals surface area contributed by atoms with Crippen molar-refractivity contribution in [2.75, 3.05) is 6.61 Å². The van der Waals surface area contributed by atoms with E-state index < -0.39 is 8.24 Å². The molecule has 3 rings (SSSR count). The summed E-state index contributed by atoms with van der Waals surface area (Å²) in [5, 5.41) is 2.27. The van der Waals surface area contributed by atoms with Crippen LogP contribution in [0.25, 0.3) is 21.9 Å². The number of hydrogen-bond acceptors (Lipinski definition) is 3. The molecule has 2 unspecified atom stereocenters. The molecule has 224 valence electrons. The van der Waals surface area contributed by atoms with Gasteiger partial charge in [0.2, 0.25) is 0 Å². The molecule has 40 heavy (non-hydrogen) atoms. The average Bonchev–Trinajstić information content (AvgIpc) is 2.97. The zero-order chi connectivity index (χ0) is 30.0. The van der Waals surface area contributed by atoms with Gasteiger partial charge in [-0.3, -0.25) is 4.52 Å². The van der Waals surface area contributed by atoms with E-state index in [-0.39, 0.29) is 16.2 Å². The number of benzene rings is 2. The predicted octanol–water partition coefficient (Wildman–Crippen LogP) is 12.0. The van der Waals surface area contributed by atoms with Gasteiger partial charge in [-0.1, -0.05) is 121 Å². The predicted molar refractivity (Wildman–Crippen MR) is 176 cm³/mol. The summed E-state index contributed by atoms with van der Waals surface area (Å²) in [5.74, 6) is 1.08. The molecule has 0 saturated heterocycles. The first kappa shape index (κ1) is 32.8. The molecule has 0 fully saturated rings. The van der Waals surface area contributed by atoms with Gasteiger partial charge in [0.05, 0.1) is 6.61 Å². The van der Waals surface area contributed by atoms with Crippen LogP contribution < -0.4 is 4.52 Å². The largest absolute Gasteiger partial charge is 0.399 e. The Morgan fingerprint density at radius 2 is 1.30 bits per heavy atom. The van der Waals surface area contributed by atoms with Crippen LogP contribution >= 0.6 is 8.24 Å². The van der Waals surface area contributed by atoms with Gasteiger partial charge in [-0.15, -0.1) is 0 Å². The lowest BCUT2D eigenvalue weighted by molar-refractivity contribution is 0.276. The molecule has 0 radical (unpaired) electrons. The molecule has 0 aliphatic rings. The normalized spacial score (nSPS) is 14.4. The van der Waals surface area contributed by atoms with Crippen molar-refractivity contribution >= 4 is 30.2 Å². The van der Waals surface area contributed by atoms with Crippen molar-refractivity contribution in [3.63, 3.8) is 0 Å². The van der Waals surface area contributed by atoms with Crippen LogP contribution in [0.3, 0.4) is 0 Å². The van der Waals surface area contributed by atoms with Crippen LogP contribution in [0.15, 0.2) is 32.7 Å². The minimum Gasteiger partial charge on any atom is -0.399 e. The fourth-order valence-electron chi connectivity index (χ4n) is 5.34. The fourth-order valence-corrected chi connectivity index (χ4v) is 6.50. The Hall–Kier alpha value is -1.70. The van der Waals surface area contributed by atoms with Crippen LogP contribution in [0.2, 0.25) is 0 Å². The van der Waals surface area contributed by atoms with Crippen molar-refractivity contribution in [3.05, 3.63) is 46.5 Å². The Balaban J connectivity index is 2.51. The lowest BCUT2D eigenvalue weighted by Crippen LogP contribution is -2.16. The van der Waals surface area contributed by atoms with Crippen molar-refractivity contribution in [1.29, 1.82) is 0 Å². The SMILES string of the molecule is CCCCC(CC)COp1oc2c(C(C)(C)C)cc(CC(C)C)cc2c2cc(C(C)(C)C)cc(C(C)(C)C)c2o1. The summed E-state index contributed by atoms with van der Waals surface area (Å²) >= 11 is 0. The molecule has 0 saturated carbocycles. The van der Waals surface area contributed by atoms with Crippen LogP contribution in [0.5, 0.6) is 0 Å². The molecule has 0 bridgehead atoms. The molecule has 1 aromatic heterocycles. The van der Waals surface area contributed by atoms with Crippen molar-refractivity contribution in [2.45, 2.75) is 138 Å². The Kier molecular flexibility index (Phi) is 10.4. The maximum absolute atomic E-state index is 6.87. The second-order valence-electron chi connectivity index (χ2n) is 15.4. The highest BCUT2D eigenvalue weighted by Crippen LogP contribution is 2.44. The standard InChI is InChI=1S/C36H57O3P/c1-14-16-17-25(15-2)23-37-40-38-32-28(19-26(18-24(3)4)20-30(32)35(8,9)10)29-21-27(34(5,6)7)22-31(33(29)39-40)36(11,12)13/h19-22,24-25H,14-18,23H2,1-13H3. The number of unbranched alkanes of at least 4 members (excludes halogenated alkanes) is 1. The Morgan fingerprint density at radius 1 is 0.750 bits per heavy atom.